The van der Waals surface area contributed by atoms with Crippen molar-refractivity contribution in [2.24, 2.45) is 0 Å². The van der Waals surface area contributed by atoms with E-state index < -0.39 is 0 Å². The molecule has 4 heteroatoms. The zero-order valence-electron chi connectivity index (χ0n) is 13.9. The summed E-state index contributed by atoms with van der Waals surface area (Å²) in [6, 6.07) is 15.1. The summed E-state index contributed by atoms with van der Waals surface area (Å²) in [6.45, 7) is 5.21. The number of para-hydroxylation sites is 1. The molecule has 122 valence electrons. The maximum absolute atomic E-state index is 14.3. The average Bonchev–Trinajstić information content (AvgIpc) is 3.18. The number of benzene rings is 2. The van der Waals surface area contributed by atoms with E-state index in [2.05, 4.69) is 31.3 Å². The molecule has 0 unspecified atom stereocenters. The van der Waals surface area contributed by atoms with Gasteiger partial charge < -0.3 is 5.32 Å². The van der Waals surface area contributed by atoms with Crippen LogP contribution in [-0.2, 0) is 6.42 Å². The Morgan fingerprint density at radius 3 is 2.62 bits per heavy atom. The molecule has 1 aliphatic heterocycles. The molecule has 0 aliphatic carbocycles. The number of hydrogen-bond acceptors (Lipinski definition) is 2. The second-order valence-corrected chi connectivity index (χ2v) is 6.46. The number of fused-ring (bicyclic) bond motifs is 1. The Kier molecular flexibility index (Phi) is 3.60. The molecule has 1 aromatic heterocycles. The van der Waals surface area contributed by atoms with Crippen molar-refractivity contribution in [2.75, 3.05) is 11.9 Å². The molecule has 2 aromatic carbocycles. The summed E-state index contributed by atoms with van der Waals surface area (Å²) in [4.78, 5) is 0. The SMILES string of the molecule is CC(C)c1ccccc1-n1nc(-c2ccccc2F)c2c1NCC2. The fraction of sp³-hybridized carbons (Fsp3) is 0.250. The largest absolute Gasteiger partial charge is 0.369 e. The number of nitrogens with one attached hydrogen (secondary N) is 1. The van der Waals surface area contributed by atoms with Gasteiger partial charge in [-0.15, -0.1) is 0 Å². The summed E-state index contributed by atoms with van der Waals surface area (Å²) in [5.41, 5.74) is 4.70. The van der Waals surface area contributed by atoms with Crippen molar-refractivity contribution in [1.82, 2.24) is 9.78 Å². The molecule has 0 saturated carbocycles. The van der Waals surface area contributed by atoms with Crippen LogP contribution in [0, 0.1) is 5.82 Å². The molecule has 1 aliphatic rings. The van der Waals surface area contributed by atoms with Gasteiger partial charge in [0.2, 0.25) is 0 Å². The minimum Gasteiger partial charge on any atom is -0.369 e. The first-order valence-electron chi connectivity index (χ1n) is 8.36. The van der Waals surface area contributed by atoms with Crippen molar-refractivity contribution in [2.45, 2.75) is 26.2 Å². The van der Waals surface area contributed by atoms with Crippen LogP contribution in [0.25, 0.3) is 16.9 Å². The van der Waals surface area contributed by atoms with Crippen molar-refractivity contribution >= 4 is 5.82 Å². The fourth-order valence-corrected chi connectivity index (χ4v) is 3.39. The lowest BCUT2D eigenvalue weighted by molar-refractivity contribution is 0.630. The maximum atomic E-state index is 14.3. The molecule has 0 bridgehead atoms. The van der Waals surface area contributed by atoms with E-state index in [4.69, 9.17) is 5.10 Å². The third kappa shape index (κ3) is 2.30. The van der Waals surface area contributed by atoms with E-state index in [0.717, 1.165) is 35.7 Å². The monoisotopic (exact) mass is 321 g/mol. The quantitative estimate of drug-likeness (QED) is 0.753. The molecule has 4 rings (SSSR count). The number of aromatic nitrogens is 2. The van der Waals surface area contributed by atoms with Gasteiger partial charge in [0.05, 0.1) is 5.69 Å². The zero-order chi connectivity index (χ0) is 16.7. The molecular formula is C20H20FN3. The molecule has 3 nitrogen and oxygen atoms in total. The Hall–Kier alpha value is -2.62. The van der Waals surface area contributed by atoms with Gasteiger partial charge in [0, 0.05) is 17.7 Å². The van der Waals surface area contributed by atoms with E-state index in [1.807, 2.05) is 22.9 Å². The molecule has 0 saturated heterocycles. The highest BCUT2D eigenvalue weighted by molar-refractivity contribution is 5.73. The summed E-state index contributed by atoms with van der Waals surface area (Å²) in [6.07, 6.45) is 0.864. The van der Waals surface area contributed by atoms with Gasteiger partial charge in [0.1, 0.15) is 17.3 Å². The number of rotatable bonds is 3. The lowest BCUT2D eigenvalue weighted by Gasteiger charge is -2.14. The number of nitrogens with zero attached hydrogens (tertiary/aromatic N) is 2. The van der Waals surface area contributed by atoms with Crippen LogP contribution in [0.2, 0.25) is 0 Å². The van der Waals surface area contributed by atoms with Crippen LogP contribution in [0.3, 0.4) is 0 Å². The van der Waals surface area contributed by atoms with Crippen LogP contribution in [0.15, 0.2) is 48.5 Å². The van der Waals surface area contributed by atoms with Gasteiger partial charge in [-0.05, 0) is 36.1 Å². The van der Waals surface area contributed by atoms with Crippen molar-refractivity contribution in [3.05, 3.63) is 65.5 Å². The topological polar surface area (TPSA) is 29.9 Å². The smallest absolute Gasteiger partial charge is 0.133 e. The van der Waals surface area contributed by atoms with Crippen molar-refractivity contribution < 1.29 is 4.39 Å². The highest BCUT2D eigenvalue weighted by Gasteiger charge is 2.26. The van der Waals surface area contributed by atoms with E-state index >= 15 is 0 Å². The van der Waals surface area contributed by atoms with Crippen LogP contribution in [0.4, 0.5) is 10.2 Å². The third-order valence-electron chi connectivity index (χ3n) is 4.57. The van der Waals surface area contributed by atoms with Crippen LogP contribution >= 0.6 is 0 Å². The average molecular weight is 321 g/mol. The van der Waals surface area contributed by atoms with Gasteiger partial charge in [0.15, 0.2) is 0 Å². The molecule has 0 spiro atoms. The summed E-state index contributed by atoms with van der Waals surface area (Å²) in [7, 11) is 0. The Labute approximate surface area is 141 Å². The molecule has 24 heavy (non-hydrogen) atoms. The molecule has 0 radical (unpaired) electrons. The lowest BCUT2D eigenvalue weighted by Crippen LogP contribution is -2.07. The number of anilines is 1. The molecule has 0 amide bonds. The predicted molar refractivity (Wildman–Crippen MR) is 95.2 cm³/mol. The van der Waals surface area contributed by atoms with Crippen molar-refractivity contribution in [3.8, 4) is 16.9 Å². The zero-order valence-corrected chi connectivity index (χ0v) is 13.9. The van der Waals surface area contributed by atoms with Crippen LogP contribution in [0.1, 0.15) is 30.9 Å². The molecule has 0 atom stereocenters. The standard InChI is InChI=1S/C20H20FN3/c1-13(2)14-7-4-6-10-18(14)24-20-16(11-12-22-20)19(23-24)15-8-3-5-9-17(15)21/h3-10,13,22H,11-12H2,1-2H3. The summed E-state index contributed by atoms with van der Waals surface area (Å²) in [5, 5.41) is 8.21. The first-order chi connectivity index (χ1) is 11.7. The highest BCUT2D eigenvalue weighted by atomic mass is 19.1. The maximum Gasteiger partial charge on any atom is 0.133 e. The third-order valence-corrected chi connectivity index (χ3v) is 4.57. The normalized spacial score (nSPS) is 13.2. The molecule has 1 N–H and O–H groups in total. The van der Waals surface area contributed by atoms with Crippen LogP contribution in [0.5, 0.6) is 0 Å². The first-order valence-corrected chi connectivity index (χ1v) is 8.36. The van der Waals surface area contributed by atoms with E-state index in [0.29, 0.717) is 11.5 Å². The second kappa shape index (κ2) is 5.78. The Morgan fingerprint density at radius 1 is 1.08 bits per heavy atom. The van der Waals surface area contributed by atoms with Gasteiger partial charge >= 0.3 is 0 Å². The van der Waals surface area contributed by atoms with Gasteiger partial charge in [-0.25, -0.2) is 9.07 Å². The minimum absolute atomic E-state index is 0.228. The Morgan fingerprint density at radius 2 is 1.83 bits per heavy atom. The molecular weight excluding hydrogens is 301 g/mol. The van der Waals surface area contributed by atoms with Gasteiger partial charge in [-0.1, -0.05) is 44.2 Å². The number of hydrogen-bond donors (Lipinski definition) is 1. The first kappa shape index (κ1) is 14.9. The van der Waals surface area contributed by atoms with Crippen LogP contribution < -0.4 is 5.32 Å². The van der Waals surface area contributed by atoms with E-state index in [9.17, 15) is 4.39 Å². The summed E-state index contributed by atoms with van der Waals surface area (Å²) < 4.78 is 16.2. The minimum atomic E-state index is -0.228. The molecule has 2 heterocycles. The van der Waals surface area contributed by atoms with E-state index in [-0.39, 0.29) is 5.82 Å². The van der Waals surface area contributed by atoms with Crippen LogP contribution in [-0.4, -0.2) is 16.3 Å². The lowest BCUT2D eigenvalue weighted by atomic mass is 10.0. The fourth-order valence-electron chi connectivity index (χ4n) is 3.39. The van der Waals surface area contributed by atoms with Crippen molar-refractivity contribution in [1.29, 1.82) is 0 Å². The Bertz CT molecular complexity index is 896. The number of halogens is 1. The van der Waals surface area contributed by atoms with E-state index in [1.165, 1.54) is 11.6 Å². The van der Waals surface area contributed by atoms with Gasteiger partial charge in [-0.3, -0.25) is 0 Å². The molecule has 3 aromatic rings. The summed E-state index contributed by atoms with van der Waals surface area (Å²) >= 11 is 0. The Balaban J connectivity index is 1.94. The summed E-state index contributed by atoms with van der Waals surface area (Å²) in [5.74, 6) is 1.15. The van der Waals surface area contributed by atoms with Gasteiger partial charge in [0.25, 0.3) is 0 Å². The van der Waals surface area contributed by atoms with Gasteiger partial charge in [-0.2, -0.15) is 5.10 Å². The van der Waals surface area contributed by atoms with E-state index in [1.54, 1.807) is 12.1 Å². The molecule has 0 fully saturated rings. The van der Waals surface area contributed by atoms with Crippen molar-refractivity contribution in [3.63, 3.8) is 0 Å². The highest BCUT2D eigenvalue weighted by Crippen LogP contribution is 2.37. The predicted octanol–water partition coefficient (Wildman–Crippen LogP) is 4.77. The second-order valence-electron chi connectivity index (χ2n) is 6.46.